The summed E-state index contributed by atoms with van der Waals surface area (Å²) in [5.41, 5.74) is 2.41. The minimum Gasteiger partial charge on any atom is -0.348 e. The number of amides is 1. The van der Waals surface area contributed by atoms with Gasteiger partial charge in [0.15, 0.2) is 0 Å². The fraction of sp³-hybridized carbons (Fsp3) is 0.143. The number of nitrogens with zero attached hydrogens (tertiary/aromatic N) is 2. The van der Waals surface area contributed by atoms with Crippen molar-refractivity contribution in [3.05, 3.63) is 93.7 Å². The molecule has 2 aromatic carbocycles. The maximum absolute atomic E-state index is 12.4. The van der Waals surface area contributed by atoms with Crippen molar-refractivity contribution < 1.29 is 13.2 Å². The van der Waals surface area contributed by atoms with Gasteiger partial charge in [-0.2, -0.15) is 0 Å². The lowest BCUT2D eigenvalue weighted by molar-refractivity contribution is 0.0951. The number of halogens is 2. The molecule has 0 aliphatic heterocycles. The Balaban J connectivity index is 1.74. The van der Waals surface area contributed by atoms with Crippen LogP contribution < -0.4 is 9.62 Å². The average Bonchev–Trinajstić information content (AvgIpc) is 2.73. The van der Waals surface area contributed by atoms with Crippen LogP contribution in [0.2, 0.25) is 10.0 Å². The summed E-state index contributed by atoms with van der Waals surface area (Å²) >= 11 is 12.3. The molecule has 1 heterocycles. The molecule has 0 spiro atoms. The van der Waals surface area contributed by atoms with Gasteiger partial charge in [-0.05, 0) is 47.5 Å². The van der Waals surface area contributed by atoms with E-state index in [0.717, 1.165) is 11.8 Å². The number of rotatable bonds is 7. The van der Waals surface area contributed by atoms with Gasteiger partial charge in [-0.3, -0.25) is 14.1 Å². The summed E-state index contributed by atoms with van der Waals surface area (Å²) in [4.78, 5) is 16.3. The Kier molecular flexibility index (Phi) is 6.97. The highest BCUT2D eigenvalue weighted by Gasteiger charge is 2.21. The molecule has 3 aromatic rings. The smallest absolute Gasteiger partial charge is 0.251 e. The molecule has 1 amide bonds. The molecule has 30 heavy (non-hydrogen) atoms. The van der Waals surface area contributed by atoms with Crippen LogP contribution in [0.25, 0.3) is 0 Å². The van der Waals surface area contributed by atoms with E-state index in [-0.39, 0.29) is 22.5 Å². The van der Waals surface area contributed by atoms with Crippen molar-refractivity contribution in [3.63, 3.8) is 0 Å². The maximum atomic E-state index is 12.4. The fourth-order valence-corrected chi connectivity index (χ4v) is 4.12. The zero-order chi connectivity index (χ0) is 21.7. The molecular formula is C21H19Cl2N3O3S. The van der Waals surface area contributed by atoms with Crippen LogP contribution in [0, 0.1) is 0 Å². The van der Waals surface area contributed by atoms with E-state index in [2.05, 4.69) is 10.3 Å². The summed E-state index contributed by atoms with van der Waals surface area (Å²) < 4.78 is 25.9. The van der Waals surface area contributed by atoms with Crippen molar-refractivity contribution >= 4 is 44.8 Å². The summed E-state index contributed by atoms with van der Waals surface area (Å²) in [6.45, 7) is 0.441. The first-order valence-corrected chi connectivity index (χ1v) is 11.5. The van der Waals surface area contributed by atoms with Gasteiger partial charge in [0.05, 0.1) is 28.5 Å². The largest absolute Gasteiger partial charge is 0.348 e. The number of aromatic nitrogens is 1. The van der Waals surface area contributed by atoms with Crippen LogP contribution in [-0.2, 0) is 23.1 Å². The highest BCUT2D eigenvalue weighted by Crippen LogP contribution is 2.34. The minimum atomic E-state index is -3.62. The van der Waals surface area contributed by atoms with E-state index in [1.165, 1.54) is 4.31 Å². The Morgan fingerprint density at radius 2 is 1.67 bits per heavy atom. The van der Waals surface area contributed by atoms with Gasteiger partial charge >= 0.3 is 0 Å². The second kappa shape index (κ2) is 9.47. The van der Waals surface area contributed by atoms with Gasteiger partial charge in [0.1, 0.15) is 0 Å². The Labute approximate surface area is 185 Å². The molecule has 6 nitrogen and oxygen atoms in total. The van der Waals surface area contributed by atoms with Crippen molar-refractivity contribution in [1.82, 2.24) is 10.3 Å². The molecule has 0 bridgehead atoms. The average molecular weight is 464 g/mol. The standard InChI is InChI=1S/C21H19Cl2N3O3S/c1-30(28,29)26(19-4-2-3-18(22)20(19)23)14-16-5-7-17(8-6-16)21(27)25-13-15-9-11-24-12-10-15/h2-12H,13-14H2,1H3,(H,25,27). The molecule has 0 fully saturated rings. The zero-order valence-corrected chi connectivity index (χ0v) is 18.4. The van der Waals surface area contributed by atoms with Crippen molar-refractivity contribution in [3.8, 4) is 0 Å². The van der Waals surface area contributed by atoms with Gasteiger partial charge in [-0.1, -0.05) is 41.4 Å². The number of benzene rings is 2. The van der Waals surface area contributed by atoms with E-state index in [9.17, 15) is 13.2 Å². The van der Waals surface area contributed by atoms with Gasteiger partial charge in [-0.25, -0.2) is 8.42 Å². The summed E-state index contributed by atoms with van der Waals surface area (Å²) in [5.74, 6) is -0.226. The van der Waals surface area contributed by atoms with Crippen molar-refractivity contribution in [1.29, 1.82) is 0 Å². The van der Waals surface area contributed by atoms with Gasteiger partial charge in [0.25, 0.3) is 5.91 Å². The lowest BCUT2D eigenvalue weighted by Crippen LogP contribution is -2.29. The second-order valence-electron chi connectivity index (χ2n) is 6.58. The highest BCUT2D eigenvalue weighted by atomic mass is 35.5. The number of nitrogens with one attached hydrogen (secondary N) is 1. The number of sulfonamides is 1. The van der Waals surface area contributed by atoms with E-state index >= 15 is 0 Å². The lowest BCUT2D eigenvalue weighted by atomic mass is 10.1. The van der Waals surface area contributed by atoms with Crippen molar-refractivity contribution in [2.45, 2.75) is 13.1 Å². The van der Waals surface area contributed by atoms with Gasteiger partial charge in [0.2, 0.25) is 10.0 Å². The molecule has 0 saturated carbocycles. The SMILES string of the molecule is CS(=O)(=O)N(Cc1ccc(C(=O)NCc2ccncc2)cc1)c1cccc(Cl)c1Cl. The normalized spacial score (nSPS) is 11.2. The summed E-state index contributed by atoms with van der Waals surface area (Å²) in [7, 11) is -3.62. The number of pyridine rings is 1. The Bertz CT molecular complexity index is 1140. The van der Waals surface area contributed by atoms with Crippen LogP contribution in [0.5, 0.6) is 0 Å². The first-order chi connectivity index (χ1) is 14.3. The number of hydrogen-bond acceptors (Lipinski definition) is 4. The monoisotopic (exact) mass is 463 g/mol. The quantitative estimate of drug-likeness (QED) is 0.566. The topological polar surface area (TPSA) is 79.4 Å². The summed E-state index contributed by atoms with van der Waals surface area (Å²) in [6.07, 6.45) is 4.43. The van der Waals surface area contributed by atoms with E-state index in [1.807, 2.05) is 12.1 Å². The molecule has 0 radical (unpaired) electrons. The molecule has 1 N–H and O–H groups in total. The zero-order valence-electron chi connectivity index (χ0n) is 16.0. The molecule has 0 saturated heterocycles. The van der Waals surface area contributed by atoms with Crippen molar-refractivity contribution in [2.24, 2.45) is 0 Å². The highest BCUT2D eigenvalue weighted by molar-refractivity contribution is 7.92. The van der Waals surface area contributed by atoms with E-state index in [0.29, 0.717) is 23.4 Å². The summed E-state index contributed by atoms with van der Waals surface area (Å²) in [6, 6.07) is 15.2. The third kappa shape index (κ3) is 5.50. The molecule has 0 unspecified atom stereocenters. The number of anilines is 1. The lowest BCUT2D eigenvalue weighted by Gasteiger charge is -2.24. The predicted octanol–water partition coefficient (Wildman–Crippen LogP) is 4.28. The Hall–Kier alpha value is -2.61. The van der Waals surface area contributed by atoms with E-state index < -0.39 is 10.0 Å². The molecule has 0 atom stereocenters. The van der Waals surface area contributed by atoms with Gasteiger partial charge in [-0.15, -0.1) is 0 Å². The van der Waals surface area contributed by atoms with E-state index in [1.54, 1.807) is 54.9 Å². The number of hydrogen-bond donors (Lipinski definition) is 1. The third-order valence-corrected chi connectivity index (χ3v) is 6.28. The van der Waals surface area contributed by atoms with Crippen LogP contribution >= 0.6 is 23.2 Å². The number of carbonyl (C=O) groups excluding carboxylic acids is 1. The predicted molar refractivity (Wildman–Crippen MR) is 119 cm³/mol. The molecule has 0 aliphatic rings. The Morgan fingerprint density at radius 1 is 1.00 bits per heavy atom. The number of carbonyl (C=O) groups is 1. The molecule has 156 valence electrons. The van der Waals surface area contributed by atoms with Crippen molar-refractivity contribution in [2.75, 3.05) is 10.6 Å². The third-order valence-electron chi connectivity index (χ3n) is 4.34. The van der Waals surface area contributed by atoms with Crippen LogP contribution in [-0.4, -0.2) is 25.6 Å². The van der Waals surface area contributed by atoms with E-state index in [4.69, 9.17) is 23.2 Å². The minimum absolute atomic E-state index is 0.0534. The second-order valence-corrected chi connectivity index (χ2v) is 9.27. The molecule has 1 aromatic heterocycles. The van der Waals surface area contributed by atoms with Crippen LogP contribution in [0.3, 0.4) is 0 Å². The Morgan fingerprint density at radius 3 is 2.30 bits per heavy atom. The fourth-order valence-electron chi connectivity index (χ4n) is 2.78. The molecule has 9 heteroatoms. The van der Waals surface area contributed by atoms with Gasteiger partial charge in [0, 0.05) is 24.5 Å². The van der Waals surface area contributed by atoms with Crippen LogP contribution in [0.15, 0.2) is 67.0 Å². The van der Waals surface area contributed by atoms with Crippen LogP contribution in [0.1, 0.15) is 21.5 Å². The molecular weight excluding hydrogens is 445 g/mol. The molecule has 0 aliphatic carbocycles. The maximum Gasteiger partial charge on any atom is 0.251 e. The summed E-state index contributed by atoms with van der Waals surface area (Å²) in [5, 5.41) is 3.27. The first-order valence-electron chi connectivity index (χ1n) is 8.93. The van der Waals surface area contributed by atoms with Crippen LogP contribution in [0.4, 0.5) is 5.69 Å². The first kappa shape index (κ1) is 22.1. The molecule has 3 rings (SSSR count). The van der Waals surface area contributed by atoms with Gasteiger partial charge < -0.3 is 5.32 Å².